The Morgan fingerprint density at radius 1 is 1.16 bits per heavy atom. The molecule has 25 heavy (non-hydrogen) atoms. The lowest BCUT2D eigenvalue weighted by atomic mass is 10.0. The van der Waals surface area contributed by atoms with Crippen molar-refractivity contribution in [2.24, 2.45) is 0 Å². The van der Waals surface area contributed by atoms with Crippen molar-refractivity contribution in [1.29, 1.82) is 0 Å². The van der Waals surface area contributed by atoms with Crippen LogP contribution in [0.25, 0.3) is 10.9 Å². The summed E-state index contributed by atoms with van der Waals surface area (Å²) in [4.78, 5) is 29.1. The molecule has 0 spiro atoms. The number of carbonyl (C=O) groups excluding carboxylic acids is 1. The number of hydrogen-bond acceptors (Lipinski definition) is 3. The van der Waals surface area contributed by atoms with Crippen molar-refractivity contribution in [1.82, 2.24) is 9.55 Å². The maximum absolute atomic E-state index is 12.5. The maximum Gasteiger partial charge on any atom is 0.261 e. The van der Waals surface area contributed by atoms with Gasteiger partial charge in [-0.3, -0.25) is 14.2 Å². The number of fused-ring (bicyclic) bond motifs is 1. The standard InChI is InChI=1S/C20H21N3O2/c1-13(2)15-7-9-16(10-8-15)22-18(24)11-23-12-21-19-14(3)5-4-6-17(19)20(23)25/h4-10,12-13H,11H2,1-3H3,(H,22,24). The van der Waals surface area contributed by atoms with E-state index in [-0.39, 0.29) is 18.0 Å². The molecule has 0 aliphatic carbocycles. The second-order valence-electron chi connectivity index (χ2n) is 6.47. The fourth-order valence-corrected chi connectivity index (χ4v) is 2.76. The zero-order valence-electron chi connectivity index (χ0n) is 14.6. The zero-order chi connectivity index (χ0) is 18.0. The van der Waals surface area contributed by atoms with Crippen molar-refractivity contribution >= 4 is 22.5 Å². The first-order valence-corrected chi connectivity index (χ1v) is 8.30. The molecule has 0 bridgehead atoms. The van der Waals surface area contributed by atoms with Gasteiger partial charge in [0.05, 0.1) is 17.2 Å². The summed E-state index contributed by atoms with van der Waals surface area (Å²) in [5, 5.41) is 3.34. The number of rotatable bonds is 4. The molecule has 3 rings (SSSR count). The molecule has 0 saturated carbocycles. The molecule has 1 amide bonds. The highest BCUT2D eigenvalue weighted by atomic mass is 16.2. The van der Waals surface area contributed by atoms with Gasteiger partial charge in [-0.15, -0.1) is 0 Å². The summed E-state index contributed by atoms with van der Waals surface area (Å²) in [7, 11) is 0. The van der Waals surface area contributed by atoms with Gasteiger partial charge in [0, 0.05) is 5.69 Å². The smallest absolute Gasteiger partial charge is 0.261 e. The van der Waals surface area contributed by atoms with Crippen molar-refractivity contribution < 1.29 is 4.79 Å². The second-order valence-corrected chi connectivity index (χ2v) is 6.47. The van der Waals surface area contributed by atoms with Gasteiger partial charge < -0.3 is 5.32 Å². The summed E-state index contributed by atoms with van der Waals surface area (Å²) in [5.41, 5.74) is 3.33. The van der Waals surface area contributed by atoms with Crippen molar-refractivity contribution in [3.63, 3.8) is 0 Å². The Kier molecular flexibility index (Phi) is 4.65. The van der Waals surface area contributed by atoms with E-state index in [1.807, 2.05) is 43.3 Å². The van der Waals surface area contributed by atoms with Gasteiger partial charge in [0.1, 0.15) is 6.54 Å². The van der Waals surface area contributed by atoms with E-state index in [0.717, 1.165) is 5.56 Å². The molecule has 3 aromatic rings. The Labute approximate surface area is 146 Å². The van der Waals surface area contributed by atoms with Gasteiger partial charge in [-0.2, -0.15) is 0 Å². The average molecular weight is 335 g/mol. The number of amides is 1. The Balaban J connectivity index is 1.78. The van der Waals surface area contributed by atoms with Crippen molar-refractivity contribution in [3.8, 4) is 0 Å². The van der Waals surface area contributed by atoms with Crippen LogP contribution in [0.1, 0.15) is 30.9 Å². The number of para-hydroxylation sites is 1. The van der Waals surface area contributed by atoms with E-state index in [9.17, 15) is 9.59 Å². The van der Waals surface area contributed by atoms with E-state index in [2.05, 4.69) is 24.1 Å². The molecule has 2 aromatic carbocycles. The van der Waals surface area contributed by atoms with Crippen molar-refractivity contribution in [2.75, 3.05) is 5.32 Å². The molecule has 1 N–H and O–H groups in total. The number of nitrogens with one attached hydrogen (secondary N) is 1. The largest absolute Gasteiger partial charge is 0.325 e. The Morgan fingerprint density at radius 3 is 2.56 bits per heavy atom. The van der Waals surface area contributed by atoms with Gasteiger partial charge in [-0.25, -0.2) is 4.98 Å². The first-order valence-electron chi connectivity index (χ1n) is 8.30. The first-order chi connectivity index (χ1) is 12.0. The van der Waals surface area contributed by atoms with Gasteiger partial charge in [-0.05, 0) is 42.2 Å². The lowest BCUT2D eigenvalue weighted by Crippen LogP contribution is -2.28. The highest BCUT2D eigenvalue weighted by Crippen LogP contribution is 2.17. The van der Waals surface area contributed by atoms with E-state index < -0.39 is 0 Å². The van der Waals surface area contributed by atoms with Crippen LogP contribution in [0, 0.1) is 6.92 Å². The number of aromatic nitrogens is 2. The SMILES string of the molecule is Cc1cccc2c(=O)n(CC(=O)Nc3ccc(C(C)C)cc3)cnc12. The van der Waals surface area contributed by atoms with E-state index in [1.165, 1.54) is 16.5 Å². The minimum absolute atomic E-state index is 0.0678. The molecule has 0 aliphatic heterocycles. The molecule has 0 unspecified atom stereocenters. The third-order valence-electron chi connectivity index (χ3n) is 4.23. The molecular weight excluding hydrogens is 314 g/mol. The molecule has 0 saturated heterocycles. The lowest BCUT2D eigenvalue weighted by molar-refractivity contribution is -0.116. The van der Waals surface area contributed by atoms with Crippen LogP contribution in [0.5, 0.6) is 0 Å². The predicted molar refractivity (Wildman–Crippen MR) is 99.9 cm³/mol. The molecule has 1 aromatic heterocycles. The van der Waals surface area contributed by atoms with Crippen LogP contribution in [0.2, 0.25) is 0 Å². The van der Waals surface area contributed by atoms with Crippen LogP contribution >= 0.6 is 0 Å². The Morgan fingerprint density at radius 2 is 1.88 bits per heavy atom. The molecule has 128 valence electrons. The van der Waals surface area contributed by atoms with Gasteiger partial charge in [-0.1, -0.05) is 38.1 Å². The van der Waals surface area contributed by atoms with Gasteiger partial charge in [0.15, 0.2) is 0 Å². The minimum atomic E-state index is -0.256. The fraction of sp³-hybridized carbons (Fsp3) is 0.250. The highest BCUT2D eigenvalue weighted by molar-refractivity contribution is 5.90. The second kappa shape index (κ2) is 6.89. The Bertz CT molecular complexity index is 972. The predicted octanol–water partition coefficient (Wildman–Crippen LogP) is 3.47. The van der Waals surface area contributed by atoms with Crippen LogP contribution in [0.15, 0.2) is 53.6 Å². The third-order valence-corrected chi connectivity index (χ3v) is 4.23. The molecule has 5 nitrogen and oxygen atoms in total. The fourth-order valence-electron chi connectivity index (χ4n) is 2.76. The number of anilines is 1. The van der Waals surface area contributed by atoms with Crippen LogP contribution in [0.4, 0.5) is 5.69 Å². The lowest BCUT2D eigenvalue weighted by Gasteiger charge is -2.10. The highest BCUT2D eigenvalue weighted by Gasteiger charge is 2.09. The van der Waals surface area contributed by atoms with Crippen LogP contribution < -0.4 is 10.9 Å². The topological polar surface area (TPSA) is 64.0 Å². The number of nitrogens with zero attached hydrogens (tertiary/aromatic N) is 2. The maximum atomic E-state index is 12.5. The van der Waals surface area contributed by atoms with Gasteiger partial charge in [0.2, 0.25) is 5.91 Å². The summed E-state index contributed by atoms with van der Waals surface area (Å²) in [6.07, 6.45) is 1.43. The van der Waals surface area contributed by atoms with E-state index in [0.29, 0.717) is 22.5 Å². The Hall–Kier alpha value is -2.95. The summed E-state index contributed by atoms with van der Waals surface area (Å²) >= 11 is 0. The first kappa shape index (κ1) is 16.9. The summed E-state index contributed by atoms with van der Waals surface area (Å²) < 4.78 is 1.33. The monoisotopic (exact) mass is 335 g/mol. The quantitative estimate of drug-likeness (QED) is 0.794. The molecule has 1 heterocycles. The van der Waals surface area contributed by atoms with Crippen LogP contribution in [-0.2, 0) is 11.3 Å². The summed E-state index contributed by atoms with van der Waals surface area (Å²) in [6, 6.07) is 13.2. The molecule has 0 fully saturated rings. The van der Waals surface area contributed by atoms with E-state index >= 15 is 0 Å². The molecule has 0 atom stereocenters. The zero-order valence-corrected chi connectivity index (χ0v) is 14.6. The van der Waals surface area contributed by atoms with Crippen molar-refractivity contribution in [2.45, 2.75) is 33.2 Å². The minimum Gasteiger partial charge on any atom is -0.325 e. The third kappa shape index (κ3) is 3.60. The number of hydrogen-bond donors (Lipinski definition) is 1. The van der Waals surface area contributed by atoms with Crippen molar-refractivity contribution in [3.05, 3.63) is 70.3 Å². The number of aryl methyl sites for hydroxylation is 1. The van der Waals surface area contributed by atoms with Crippen LogP contribution in [-0.4, -0.2) is 15.5 Å². The van der Waals surface area contributed by atoms with Gasteiger partial charge in [0.25, 0.3) is 5.56 Å². The molecular formula is C20H21N3O2. The average Bonchev–Trinajstić information content (AvgIpc) is 2.58. The summed E-state index contributed by atoms with van der Waals surface area (Å²) in [5.74, 6) is 0.184. The number of carbonyl (C=O) groups is 1. The number of benzene rings is 2. The van der Waals surface area contributed by atoms with Crippen LogP contribution in [0.3, 0.4) is 0 Å². The van der Waals surface area contributed by atoms with E-state index in [4.69, 9.17) is 0 Å². The summed E-state index contributed by atoms with van der Waals surface area (Å²) in [6.45, 7) is 6.08. The van der Waals surface area contributed by atoms with Gasteiger partial charge >= 0.3 is 0 Å². The molecule has 0 radical (unpaired) electrons. The molecule has 0 aliphatic rings. The van der Waals surface area contributed by atoms with E-state index in [1.54, 1.807) is 6.07 Å². The normalized spacial score (nSPS) is 11.0. The molecule has 5 heteroatoms.